The Kier molecular flexibility index (Phi) is 6.86. The lowest BCUT2D eigenvalue weighted by Gasteiger charge is -2.12. The number of imide groups is 1. The minimum atomic E-state index is -3.76. The van der Waals surface area contributed by atoms with E-state index in [0.29, 0.717) is 12.0 Å². The van der Waals surface area contributed by atoms with Crippen LogP contribution in [0.3, 0.4) is 0 Å². The number of benzene rings is 1. The van der Waals surface area contributed by atoms with Crippen molar-refractivity contribution in [3.05, 3.63) is 29.8 Å². The van der Waals surface area contributed by atoms with Crippen LogP contribution >= 0.6 is 0 Å². The van der Waals surface area contributed by atoms with Gasteiger partial charge in [0, 0.05) is 13.5 Å². The molecular formula is C14H19N3O6S. The smallest absolute Gasteiger partial charge is 0.321 e. The molecule has 0 fully saturated rings. The standard InChI is InChI=1S/C14H19N3O6S/c1-9(13(19)17-14(20)16-2)23-12(18)8-5-10-3-6-11(7-4-10)24(15,21)22/h3-4,6-7,9H,5,8H2,1-2H3,(H2,15,21,22)(H2,16,17,19,20). The lowest BCUT2D eigenvalue weighted by Crippen LogP contribution is -2.43. The Morgan fingerprint density at radius 2 is 1.79 bits per heavy atom. The van der Waals surface area contributed by atoms with Crippen molar-refractivity contribution in [2.24, 2.45) is 5.14 Å². The molecule has 0 radical (unpaired) electrons. The second-order valence-electron chi connectivity index (χ2n) is 4.89. The third kappa shape index (κ3) is 6.34. The number of amides is 3. The molecule has 1 aromatic rings. The SMILES string of the molecule is CNC(=O)NC(=O)C(C)OC(=O)CCc1ccc(S(N)(=O)=O)cc1. The number of carbonyl (C=O) groups is 3. The van der Waals surface area contributed by atoms with E-state index in [4.69, 9.17) is 9.88 Å². The van der Waals surface area contributed by atoms with E-state index in [1.165, 1.54) is 38.2 Å². The van der Waals surface area contributed by atoms with Crippen molar-refractivity contribution in [3.63, 3.8) is 0 Å². The normalized spacial score (nSPS) is 12.1. The van der Waals surface area contributed by atoms with E-state index >= 15 is 0 Å². The van der Waals surface area contributed by atoms with Gasteiger partial charge in [0.2, 0.25) is 10.0 Å². The Balaban J connectivity index is 2.48. The highest BCUT2D eigenvalue weighted by atomic mass is 32.2. The first-order valence-corrected chi connectivity index (χ1v) is 8.52. The zero-order valence-corrected chi connectivity index (χ0v) is 14.1. The molecule has 0 saturated carbocycles. The average molecular weight is 357 g/mol. The highest BCUT2D eigenvalue weighted by Gasteiger charge is 2.19. The monoisotopic (exact) mass is 357 g/mol. The third-order valence-corrected chi connectivity index (χ3v) is 3.94. The molecule has 1 atom stereocenters. The molecule has 0 aliphatic carbocycles. The number of carbonyl (C=O) groups excluding carboxylic acids is 3. The summed E-state index contributed by atoms with van der Waals surface area (Å²) in [6.07, 6.45) is -0.820. The molecule has 1 aromatic carbocycles. The van der Waals surface area contributed by atoms with Gasteiger partial charge >= 0.3 is 12.0 Å². The van der Waals surface area contributed by atoms with Gasteiger partial charge < -0.3 is 10.1 Å². The number of primary sulfonamides is 1. The topological polar surface area (TPSA) is 145 Å². The van der Waals surface area contributed by atoms with E-state index in [9.17, 15) is 22.8 Å². The highest BCUT2D eigenvalue weighted by Crippen LogP contribution is 2.11. The number of hydrogen-bond acceptors (Lipinski definition) is 6. The molecule has 0 bridgehead atoms. The van der Waals surface area contributed by atoms with Crippen molar-refractivity contribution in [1.82, 2.24) is 10.6 Å². The Bertz CT molecular complexity index is 715. The minimum Gasteiger partial charge on any atom is -0.453 e. The molecule has 1 rings (SSSR count). The average Bonchev–Trinajstić information content (AvgIpc) is 2.52. The van der Waals surface area contributed by atoms with Crippen molar-refractivity contribution in [3.8, 4) is 0 Å². The van der Waals surface area contributed by atoms with Crippen LogP contribution in [0.15, 0.2) is 29.2 Å². The van der Waals surface area contributed by atoms with Gasteiger partial charge in [0.1, 0.15) is 0 Å². The van der Waals surface area contributed by atoms with Crippen LogP contribution < -0.4 is 15.8 Å². The predicted molar refractivity (Wildman–Crippen MR) is 84.3 cm³/mol. The number of nitrogens with two attached hydrogens (primary N) is 1. The molecular weight excluding hydrogens is 338 g/mol. The first kappa shape index (κ1) is 19.6. The summed E-state index contributed by atoms with van der Waals surface area (Å²) in [5.74, 6) is -1.36. The molecule has 3 amide bonds. The zero-order chi connectivity index (χ0) is 18.3. The Morgan fingerprint density at radius 1 is 1.21 bits per heavy atom. The van der Waals surface area contributed by atoms with Crippen molar-refractivity contribution in [1.29, 1.82) is 0 Å². The second kappa shape index (κ2) is 8.41. The van der Waals surface area contributed by atoms with E-state index in [0.717, 1.165) is 0 Å². The molecule has 132 valence electrons. The van der Waals surface area contributed by atoms with Crippen molar-refractivity contribution < 1.29 is 27.5 Å². The summed E-state index contributed by atoms with van der Waals surface area (Å²) in [6, 6.07) is 5.06. The van der Waals surface area contributed by atoms with Crippen LogP contribution in [0, 0.1) is 0 Å². The van der Waals surface area contributed by atoms with Gasteiger partial charge in [-0.15, -0.1) is 0 Å². The van der Waals surface area contributed by atoms with E-state index in [-0.39, 0.29) is 11.3 Å². The number of sulfonamides is 1. The molecule has 10 heteroatoms. The van der Waals surface area contributed by atoms with Crippen LogP contribution in [-0.4, -0.2) is 39.5 Å². The van der Waals surface area contributed by atoms with Crippen molar-refractivity contribution in [2.45, 2.75) is 30.8 Å². The summed E-state index contributed by atoms with van der Waals surface area (Å²) in [6.45, 7) is 1.34. The predicted octanol–water partition coefficient (Wildman–Crippen LogP) is -0.346. The number of urea groups is 1. The summed E-state index contributed by atoms with van der Waals surface area (Å²) >= 11 is 0. The zero-order valence-electron chi connectivity index (χ0n) is 13.2. The quantitative estimate of drug-likeness (QED) is 0.594. The number of ether oxygens (including phenoxy) is 1. The van der Waals surface area contributed by atoms with Crippen LogP contribution in [0.5, 0.6) is 0 Å². The van der Waals surface area contributed by atoms with Gasteiger partial charge in [0.25, 0.3) is 5.91 Å². The van der Waals surface area contributed by atoms with Gasteiger partial charge in [-0.3, -0.25) is 14.9 Å². The number of nitrogens with one attached hydrogen (secondary N) is 2. The van der Waals surface area contributed by atoms with Crippen LogP contribution in [0.2, 0.25) is 0 Å². The fraction of sp³-hybridized carbons (Fsp3) is 0.357. The van der Waals surface area contributed by atoms with E-state index in [2.05, 4.69) is 5.32 Å². The Labute approximate surface area is 139 Å². The summed E-state index contributed by atoms with van der Waals surface area (Å²) in [5, 5.41) is 9.19. The molecule has 0 aromatic heterocycles. The Hall–Kier alpha value is -2.46. The van der Waals surface area contributed by atoms with Crippen LogP contribution in [0.4, 0.5) is 4.79 Å². The minimum absolute atomic E-state index is 0.00762. The maximum absolute atomic E-state index is 11.7. The highest BCUT2D eigenvalue weighted by molar-refractivity contribution is 7.89. The summed E-state index contributed by atoms with van der Waals surface area (Å²) < 4.78 is 27.2. The molecule has 9 nitrogen and oxygen atoms in total. The van der Waals surface area contributed by atoms with Crippen molar-refractivity contribution in [2.75, 3.05) is 7.05 Å². The molecule has 4 N–H and O–H groups in total. The fourth-order valence-electron chi connectivity index (χ4n) is 1.68. The van der Waals surface area contributed by atoms with Crippen LogP contribution in [0.1, 0.15) is 18.9 Å². The first-order chi connectivity index (χ1) is 11.1. The van der Waals surface area contributed by atoms with Gasteiger partial charge in [0.05, 0.1) is 4.90 Å². The molecule has 0 saturated heterocycles. The number of hydrogen-bond donors (Lipinski definition) is 3. The molecule has 24 heavy (non-hydrogen) atoms. The number of aryl methyl sites for hydroxylation is 1. The largest absolute Gasteiger partial charge is 0.453 e. The molecule has 1 unspecified atom stereocenters. The fourth-order valence-corrected chi connectivity index (χ4v) is 2.19. The van der Waals surface area contributed by atoms with E-state index < -0.39 is 34.0 Å². The second-order valence-corrected chi connectivity index (χ2v) is 6.45. The van der Waals surface area contributed by atoms with Gasteiger partial charge in [-0.2, -0.15) is 0 Å². The lowest BCUT2D eigenvalue weighted by molar-refractivity contribution is -0.154. The Morgan fingerprint density at radius 3 is 2.29 bits per heavy atom. The summed E-state index contributed by atoms with van der Waals surface area (Å²) in [7, 11) is -2.41. The van der Waals surface area contributed by atoms with E-state index in [1.54, 1.807) is 0 Å². The molecule has 0 aliphatic heterocycles. The van der Waals surface area contributed by atoms with Gasteiger partial charge in [-0.05, 0) is 31.0 Å². The number of rotatable bonds is 6. The van der Waals surface area contributed by atoms with Crippen molar-refractivity contribution >= 4 is 27.9 Å². The lowest BCUT2D eigenvalue weighted by atomic mass is 10.1. The van der Waals surface area contributed by atoms with Gasteiger partial charge in [-0.1, -0.05) is 12.1 Å². The summed E-state index contributed by atoms with van der Waals surface area (Å²) in [5.41, 5.74) is 0.710. The first-order valence-electron chi connectivity index (χ1n) is 6.97. The van der Waals surface area contributed by atoms with Crippen LogP contribution in [-0.2, 0) is 30.8 Å². The van der Waals surface area contributed by atoms with Gasteiger partial charge in [0.15, 0.2) is 6.10 Å². The van der Waals surface area contributed by atoms with Crippen LogP contribution in [0.25, 0.3) is 0 Å². The third-order valence-electron chi connectivity index (χ3n) is 3.01. The molecule has 0 aliphatic rings. The molecule has 0 heterocycles. The summed E-state index contributed by atoms with van der Waals surface area (Å²) in [4.78, 5) is 34.2. The maximum Gasteiger partial charge on any atom is 0.321 e. The number of esters is 1. The maximum atomic E-state index is 11.7. The molecule has 0 spiro atoms. The van der Waals surface area contributed by atoms with E-state index in [1.807, 2.05) is 5.32 Å². The van der Waals surface area contributed by atoms with Gasteiger partial charge in [-0.25, -0.2) is 18.4 Å².